The van der Waals surface area contributed by atoms with Crippen LogP contribution >= 0.6 is 0 Å². The molecule has 1 heteroatoms. The van der Waals surface area contributed by atoms with Gasteiger partial charge in [-0.05, 0) is 36.0 Å². The zero-order chi connectivity index (χ0) is 15.4. The summed E-state index contributed by atoms with van der Waals surface area (Å²) in [7, 11) is 0. The highest BCUT2D eigenvalue weighted by Crippen LogP contribution is 2.44. The van der Waals surface area contributed by atoms with E-state index in [9.17, 15) is 0 Å². The Labute approximate surface area is 134 Å². The molecule has 0 spiro atoms. The van der Waals surface area contributed by atoms with Crippen LogP contribution in [0.3, 0.4) is 0 Å². The second-order valence-electron chi connectivity index (χ2n) is 6.34. The van der Waals surface area contributed by atoms with Crippen molar-refractivity contribution in [2.24, 2.45) is 5.92 Å². The summed E-state index contributed by atoms with van der Waals surface area (Å²) in [6, 6.07) is 17.5. The maximum Gasteiger partial charge on any atom is 0.123 e. The number of rotatable bonds is 5. The summed E-state index contributed by atoms with van der Waals surface area (Å²) >= 11 is 0. The van der Waals surface area contributed by atoms with Crippen molar-refractivity contribution < 1.29 is 4.74 Å². The molecule has 0 aliphatic carbocycles. The van der Waals surface area contributed by atoms with Crippen LogP contribution < -0.4 is 4.74 Å². The van der Waals surface area contributed by atoms with Crippen molar-refractivity contribution >= 4 is 0 Å². The summed E-state index contributed by atoms with van der Waals surface area (Å²) in [6.07, 6.45) is 5.04. The van der Waals surface area contributed by atoms with Crippen LogP contribution in [0.15, 0.2) is 48.5 Å². The predicted molar refractivity (Wildman–Crippen MR) is 92.4 cm³/mol. The third-order valence-corrected chi connectivity index (χ3v) is 4.82. The Bertz CT molecular complexity index is 563. The van der Waals surface area contributed by atoms with E-state index < -0.39 is 0 Å². The third kappa shape index (κ3) is 2.90. The van der Waals surface area contributed by atoms with Crippen LogP contribution in [0.4, 0.5) is 0 Å². The van der Waals surface area contributed by atoms with E-state index in [1.165, 1.54) is 42.4 Å². The first-order valence-electron chi connectivity index (χ1n) is 8.64. The molecule has 0 fully saturated rings. The third-order valence-electron chi connectivity index (χ3n) is 4.82. The van der Waals surface area contributed by atoms with E-state index in [-0.39, 0.29) is 0 Å². The van der Waals surface area contributed by atoms with Gasteiger partial charge in [0.1, 0.15) is 12.4 Å². The highest BCUT2D eigenvalue weighted by Gasteiger charge is 2.30. The van der Waals surface area contributed by atoms with E-state index in [4.69, 9.17) is 4.74 Å². The van der Waals surface area contributed by atoms with Crippen molar-refractivity contribution in [3.8, 4) is 5.75 Å². The Morgan fingerprint density at radius 2 is 1.55 bits per heavy atom. The zero-order valence-corrected chi connectivity index (χ0v) is 13.7. The first-order chi connectivity index (χ1) is 10.8. The molecule has 2 aromatic carbocycles. The summed E-state index contributed by atoms with van der Waals surface area (Å²) in [5.74, 6) is 2.23. The Morgan fingerprint density at radius 3 is 2.27 bits per heavy atom. The summed E-state index contributed by atoms with van der Waals surface area (Å²) in [6.45, 7) is 5.29. The van der Waals surface area contributed by atoms with E-state index in [1.54, 1.807) is 0 Å². The fraction of sp³-hybridized carbons (Fsp3) is 0.429. The number of para-hydroxylation sites is 1. The lowest BCUT2D eigenvalue weighted by Gasteiger charge is -2.28. The molecule has 1 unspecified atom stereocenters. The van der Waals surface area contributed by atoms with Crippen LogP contribution in [0.25, 0.3) is 0 Å². The van der Waals surface area contributed by atoms with Crippen LogP contribution in [0.5, 0.6) is 5.75 Å². The van der Waals surface area contributed by atoms with Crippen LogP contribution in [0.2, 0.25) is 0 Å². The van der Waals surface area contributed by atoms with Crippen LogP contribution in [0, 0.1) is 5.92 Å². The highest BCUT2D eigenvalue weighted by molar-refractivity contribution is 5.47. The van der Waals surface area contributed by atoms with Crippen molar-refractivity contribution in [2.75, 3.05) is 0 Å². The minimum atomic E-state index is 0.467. The van der Waals surface area contributed by atoms with Gasteiger partial charge in [0.2, 0.25) is 0 Å². The second kappa shape index (κ2) is 7.00. The van der Waals surface area contributed by atoms with Crippen molar-refractivity contribution in [1.82, 2.24) is 0 Å². The second-order valence-corrected chi connectivity index (χ2v) is 6.34. The quantitative estimate of drug-likeness (QED) is 0.664. The molecule has 22 heavy (non-hydrogen) atoms. The Balaban J connectivity index is 2.12. The lowest BCUT2D eigenvalue weighted by molar-refractivity contribution is 0.305. The van der Waals surface area contributed by atoms with Gasteiger partial charge in [-0.3, -0.25) is 0 Å². The standard InChI is InChI=1S/C21H26O/c1-3-9-16(10-4-2)21-18-12-6-5-11-17(18)15-22-20-14-8-7-13-19(20)21/h5-8,11-14,16,21H,3-4,9-10,15H2,1-2H3. The molecule has 0 radical (unpaired) electrons. The van der Waals surface area contributed by atoms with Crippen LogP contribution in [-0.4, -0.2) is 0 Å². The van der Waals surface area contributed by atoms with Gasteiger partial charge >= 0.3 is 0 Å². The van der Waals surface area contributed by atoms with Gasteiger partial charge < -0.3 is 4.74 Å². The van der Waals surface area contributed by atoms with Crippen LogP contribution in [-0.2, 0) is 6.61 Å². The normalized spacial score (nSPS) is 16.6. The van der Waals surface area contributed by atoms with Crippen molar-refractivity contribution in [3.05, 3.63) is 65.2 Å². The van der Waals surface area contributed by atoms with E-state index in [2.05, 4.69) is 62.4 Å². The van der Waals surface area contributed by atoms with Gasteiger partial charge in [-0.25, -0.2) is 0 Å². The smallest absolute Gasteiger partial charge is 0.123 e. The summed E-state index contributed by atoms with van der Waals surface area (Å²) < 4.78 is 6.11. The lowest BCUT2D eigenvalue weighted by Crippen LogP contribution is -2.15. The van der Waals surface area contributed by atoms with Gasteiger partial charge in [0.15, 0.2) is 0 Å². The van der Waals surface area contributed by atoms with Gasteiger partial charge in [-0.2, -0.15) is 0 Å². The van der Waals surface area contributed by atoms with E-state index >= 15 is 0 Å². The van der Waals surface area contributed by atoms with Crippen molar-refractivity contribution in [1.29, 1.82) is 0 Å². The largest absolute Gasteiger partial charge is 0.489 e. The zero-order valence-electron chi connectivity index (χ0n) is 13.7. The molecule has 0 saturated heterocycles. The lowest BCUT2D eigenvalue weighted by atomic mass is 9.75. The van der Waals surface area contributed by atoms with E-state index in [0.29, 0.717) is 18.4 Å². The molecule has 3 rings (SSSR count). The summed E-state index contributed by atoms with van der Waals surface area (Å²) in [5.41, 5.74) is 4.19. The number of hydrogen-bond acceptors (Lipinski definition) is 1. The number of benzene rings is 2. The first-order valence-corrected chi connectivity index (χ1v) is 8.64. The summed E-state index contributed by atoms with van der Waals surface area (Å²) in [5, 5.41) is 0. The highest BCUT2D eigenvalue weighted by atomic mass is 16.5. The van der Waals surface area contributed by atoms with Gasteiger partial charge in [0.25, 0.3) is 0 Å². The SMILES string of the molecule is CCCC(CCC)C1c2ccccc2COc2ccccc21. The molecular formula is C21H26O. The molecule has 116 valence electrons. The molecule has 0 saturated carbocycles. The minimum absolute atomic E-state index is 0.467. The topological polar surface area (TPSA) is 9.23 Å². The van der Waals surface area contributed by atoms with Gasteiger partial charge in [0.05, 0.1) is 0 Å². The molecule has 1 aliphatic heterocycles. The fourth-order valence-corrected chi connectivity index (χ4v) is 3.89. The van der Waals surface area contributed by atoms with Gasteiger partial charge in [-0.1, -0.05) is 69.2 Å². The van der Waals surface area contributed by atoms with E-state index in [1.807, 2.05) is 0 Å². The molecule has 0 bridgehead atoms. The number of ether oxygens (including phenoxy) is 1. The molecule has 0 N–H and O–H groups in total. The predicted octanol–water partition coefficient (Wildman–Crippen LogP) is 5.93. The van der Waals surface area contributed by atoms with E-state index in [0.717, 1.165) is 5.75 Å². The minimum Gasteiger partial charge on any atom is -0.489 e. The van der Waals surface area contributed by atoms with Crippen LogP contribution in [0.1, 0.15) is 62.1 Å². The molecule has 1 nitrogen and oxygen atoms in total. The molecule has 0 amide bonds. The van der Waals surface area contributed by atoms with Crippen molar-refractivity contribution in [3.63, 3.8) is 0 Å². The molecular weight excluding hydrogens is 268 g/mol. The van der Waals surface area contributed by atoms with Gasteiger partial charge in [-0.15, -0.1) is 0 Å². The maximum absolute atomic E-state index is 6.11. The Morgan fingerprint density at radius 1 is 0.909 bits per heavy atom. The average Bonchev–Trinajstić information content (AvgIpc) is 2.71. The first kappa shape index (κ1) is 15.1. The molecule has 1 aliphatic rings. The number of fused-ring (bicyclic) bond motifs is 2. The molecule has 2 aromatic rings. The molecule has 0 aromatic heterocycles. The van der Waals surface area contributed by atoms with Crippen molar-refractivity contribution in [2.45, 2.75) is 52.1 Å². The fourth-order valence-electron chi connectivity index (χ4n) is 3.89. The Hall–Kier alpha value is -1.76. The monoisotopic (exact) mass is 294 g/mol. The molecule has 1 atom stereocenters. The Kier molecular flexibility index (Phi) is 4.82. The van der Waals surface area contributed by atoms with Gasteiger partial charge in [0, 0.05) is 11.5 Å². The average molecular weight is 294 g/mol. The number of hydrogen-bond donors (Lipinski definition) is 0. The molecule has 1 heterocycles. The maximum atomic E-state index is 6.11. The summed E-state index contributed by atoms with van der Waals surface area (Å²) in [4.78, 5) is 0.